The van der Waals surface area contributed by atoms with E-state index < -0.39 is 11.6 Å². The maximum Gasteiger partial charge on any atom is 0.159 e. The second-order valence-electron chi connectivity index (χ2n) is 8.50. The van der Waals surface area contributed by atoms with E-state index in [1.165, 1.54) is 17.7 Å². The Balaban J connectivity index is 1.69. The molecule has 1 aliphatic rings. The van der Waals surface area contributed by atoms with Gasteiger partial charge in [-0.1, -0.05) is 66.7 Å². The highest BCUT2D eigenvalue weighted by Gasteiger charge is 2.21. The molecule has 6 rings (SSSR count). The third-order valence-corrected chi connectivity index (χ3v) is 6.57. The molecule has 0 heterocycles. The molecule has 3 heteroatoms. The monoisotopic (exact) mass is 436 g/mol. The highest BCUT2D eigenvalue weighted by molar-refractivity contribution is 6.16. The first-order valence-electron chi connectivity index (χ1n) is 11.0. The fourth-order valence-electron chi connectivity index (χ4n) is 5.08. The molecule has 0 nitrogen and oxygen atoms in total. The van der Waals surface area contributed by atoms with Gasteiger partial charge in [-0.2, -0.15) is 0 Å². The van der Waals surface area contributed by atoms with Gasteiger partial charge in [0.1, 0.15) is 5.83 Å². The third kappa shape index (κ3) is 3.23. The maximum absolute atomic E-state index is 14.0. The van der Waals surface area contributed by atoms with E-state index in [-0.39, 0.29) is 11.7 Å². The Hall–Kier alpha value is -3.85. The van der Waals surface area contributed by atoms with Crippen LogP contribution in [0.15, 0.2) is 103 Å². The Kier molecular flexibility index (Phi) is 4.58. The van der Waals surface area contributed by atoms with E-state index in [2.05, 4.69) is 24.3 Å². The predicted molar refractivity (Wildman–Crippen MR) is 130 cm³/mol. The summed E-state index contributed by atoms with van der Waals surface area (Å²) >= 11 is 0. The van der Waals surface area contributed by atoms with Crippen molar-refractivity contribution in [3.8, 4) is 11.1 Å². The fraction of sp³-hybridized carbons (Fsp3) is 0.0667. The topological polar surface area (TPSA) is 0 Å². The van der Waals surface area contributed by atoms with Gasteiger partial charge in [0.15, 0.2) is 11.6 Å². The van der Waals surface area contributed by atoms with Gasteiger partial charge < -0.3 is 0 Å². The molecular formula is C30H19F3. The molecule has 0 radical (unpaired) electrons. The zero-order valence-electron chi connectivity index (χ0n) is 17.7. The molecule has 0 spiro atoms. The molecule has 1 aliphatic carbocycles. The molecule has 0 saturated carbocycles. The highest BCUT2D eigenvalue weighted by atomic mass is 19.2. The maximum atomic E-state index is 14.0. The van der Waals surface area contributed by atoms with Crippen molar-refractivity contribution in [1.82, 2.24) is 0 Å². The van der Waals surface area contributed by atoms with Gasteiger partial charge in [0, 0.05) is 5.92 Å². The van der Waals surface area contributed by atoms with Crippen LogP contribution in [-0.4, -0.2) is 0 Å². The van der Waals surface area contributed by atoms with Crippen molar-refractivity contribution >= 4 is 32.3 Å². The van der Waals surface area contributed by atoms with Crippen LogP contribution >= 0.6 is 0 Å². The molecule has 0 aliphatic heterocycles. The van der Waals surface area contributed by atoms with Crippen molar-refractivity contribution in [2.24, 2.45) is 0 Å². The number of rotatable bonds is 2. The SMILES string of the molecule is FC1=CCC(c2c3ccccc3c(-c3ccc4cc(F)c(F)cc4c3)c3ccccc23)C=C1. The van der Waals surface area contributed by atoms with E-state index in [9.17, 15) is 13.2 Å². The van der Waals surface area contributed by atoms with E-state index >= 15 is 0 Å². The molecule has 33 heavy (non-hydrogen) atoms. The van der Waals surface area contributed by atoms with Crippen LogP contribution in [0.1, 0.15) is 17.9 Å². The van der Waals surface area contributed by atoms with Gasteiger partial charge in [-0.3, -0.25) is 0 Å². The lowest BCUT2D eigenvalue weighted by Gasteiger charge is -2.22. The predicted octanol–water partition coefficient (Wildman–Crippen LogP) is 8.99. The first-order chi connectivity index (χ1) is 16.1. The van der Waals surface area contributed by atoms with Crippen molar-refractivity contribution in [2.45, 2.75) is 12.3 Å². The second-order valence-corrected chi connectivity index (χ2v) is 8.50. The molecule has 5 aromatic carbocycles. The molecule has 1 unspecified atom stereocenters. The lowest BCUT2D eigenvalue weighted by atomic mass is 9.81. The zero-order chi connectivity index (χ0) is 22.5. The van der Waals surface area contributed by atoms with Crippen molar-refractivity contribution in [1.29, 1.82) is 0 Å². The second kappa shape index (κ2) is 7.63. The van der Waals surface area contributed by atoms with Gasteiger partial charge in [-0.25, -0.2) is 13.2 Å². The van der Waals surface area contributed by atoms with Crippen LogP contribution in [0.3, 0.4) is 0 Å². The molecule has 0 bridgehead atoms. The van der Waals surface area contributed by atoms with E-state index in [0.717, 1.165) is 32.7 Å². The van der Waals surface area contributed by atoms with Gasteiger partial charge in [0.25, 0.3) is 0 Å². The van der Waals surface area contributed by atoms with Crippen molar-refractivity contribution in [3.63, 3.8) is 0 Å². The Morgan fingerprint density at radius 2 is 1.24 bits per heavy atom. The van der Waals surface area contributed by atoms with Gasteiger partial charge in [0.2, 0.25) is 0 Å². The lowest BCUT2D eigenvalue weighted by Crippen LogP contribution is -2.01. The molecule has 0 amide bonds. The average Bonchev–Trinajstić information content (AvgIpc) is 2.84. The van der Waals surface area contributed by atoms with Gasteiger partial charge in [-0.05, 0) is 85.8 Å². The number of allylic oxidation sites excluding steroid dienone is 4. The smallest absolute Gasteiger partial charge is 0.159 e. The molecule has 1 atom stereocenters. The summed E-state index contributed by atoms with van der Waals surface area (Å²) in [4.78, 5) is 0. The molecule has 0 aromatic heterocycles. The summed E-state index contributed by atoms with van der Waals surface area (Å²) < 4.78 is 41.4. The molecule has 5 aromatic rings. The van der Waals surface area contributed by atoms with Crippen molar-refractivity contribution in [3.05, 3.63) is 120 Å². The minimum atomic E-state index is -0.853. The number of fused-ring (bicyclic) bond motifs is 3. The van der Waals surface area contributed by atoms with Crippen LogP contribution in [-0.2, 0) is 0 Å². The van der Waals surface area contributed by atoms with Gasteiger partial charge in [-0.15, -0.1) is 0 Å². The van der Waals surface area contributed by atoms with Crippen LogP contribution in [0.2, 0.25) is 0 Å². The summed E-state index contributed by atoms with van der Waals surface area (Å²) in [5.41, 5.74) is 3.18. The number of hydrogen-bond acceptors (Lipinski definition) is 0. The Morgan fingerprint density at radius 1 is 0.636 bits per heavy atom. The van der Waals surface area contributed by atoms with Gasteiger partial charge in [0.05, 0.1) is 0 Å². The zero-order valence-corrected chi connectivity index (χ0v) is 17.7. The summed E-state index contributed by atoms with van der Waals surface area (Å²) in [7, 11) is 0. The number of benzene rings is 5. The Bertz CT molecular complexity index is 1570. The highest BCUT2D eigenvalue weighted by Crippen LogP contribution is 2.44. The number of halogens is 3. The molecule has 160 valence electrons. The lowest BCUT2D eigenvalue weighted by molar-refractivity contribution is 0.511. The quantitative estimate of drug-likeness (QED) is 0.242. The number of hydrogen-bond donors (Lipinski definition) is 0. The molecule has 0 N–H and O–H groups in total. The van der Waals surface area contributed by atoms with E-state index in [1.54, 1.807) is 12.2 Å². The first-order valence-corrected chi connectivity index (χ1v) is 11.0. The van der Waals surface area contributed by atoms with Gasteiger partial charge >= 0.3 is 0 Å². The summed E-state index contributed by atoms with van der Waals surface area (Å²) in [5.74, 6) is -1.83. The summed E-state index contributed by atoms with van der Waals surface area (Å²) in [6, 6.07) is 24.7. The van der Waals surface area contributed by atoms with Crippen LogP contribution in [0.25, 0.3) is 43.4 Å². The fourth-order valence-corrected chi connectivity index (χ4v) is 5.08. The van der Waals surface area contributed by atoms with E-state index in [1.807, 2.05) is 48.5 Å². The Morgan fingerprint density at radius 3 is 1.85 bits per heavy atom. The summed E-state index contributed by atoms with van der Waals surface area (Å²) in [5, 5.41) is 5.69. The first kappa shape index (κ1) is 19.8. The molecular weight excluding hydrogens is 417 g/mol. The molecule has 0 saturated heterocycles. The summed E-state index contributed by atoms with van der Waals surface area (Å²) in [6.45, 7) is 0. The normalized spacial score (nSPS) is 16.0. The van der Waals surface area contributed by atoms with E-state index in [0.29, 0.717) is 17.2 Å². The third-order valence-electron chi connectivity index (χ3n) is 6.57. The van der Waals surface area contributed by atoms with Crippen LogP contribution < -0.4 is 0 Å². The molecule has 0 fully saturated rings. The minimum Gasteiger partial charge on any atom is -0.207 e. The largest absolute Gasteiger partial charge is 0.207 e. The van der Waals surface area contributed by atoms with Crippen LogP contribution in [0.4, 0.5) is 13.2 Å². The van der Waals surface area contributed by atoms with E-state index in [4.69, 9.17) is 0 Å². The summed E-state index contributed by atoms with van der Waals surface area (Å²) in [6.07, 6.45) is 5.73. The van der Waals surface area contributed by atoms with Crippen LogP contribution in [0.5, 0.6) is 0 Å². The average molecular weight is 436 g/mol. The minimum absolute atomic E-state index is 0.0713. The van der Waals surface area contributed by atoms with Crippen molar-refractivity contribution < 1.29 is 13.2 Å². The Labute approximate surface area is 189 Å². The standard InChI is InChI=1S/C30H19F3/c31-22-13-11-18(12-14-22)29-23-5-1-3-7-25(23)30(26-8-4-2-6-24(26)29)20-10-9-19-16-27(32)28(33)17-21(19)15-20/h1-11,13-18H,12H2. The van der Waals surface area contributed by atoms with Crippen LogP contribution in [0, 0.1) is 11.6 Å². The van der Waals surface area contributed by atoms with Crippen molar-refractivity contribution in [2.75, 3.05) is 0 Å².